The number of phenols is 1. The van der Waals surface area contributed by atoms with Crippen LogP contribution in [0.1, 0.15) is 30.5 Å². The Balaban J connectivity index is 1.33. The normalized spacial score (nSPS) is 24.2. The first-order valence-electron chi connectivity index (χ1n) is 14.3. The van der Waals surface area contributed by atoms with E-state index in [0.29, 0.717) is 37.1 Å². The Morgan fingerprint density at radius 1 is 1.05 bits per heavy atom. The average molecular weight is 564 g/mol. The Morgan fingerprint density at radius 2 is 1.81 bits per heavy atom. The quantitative estimate of drug-likeness (QED) is 0.231. The van der Waals surface area contributed by atoms with Crippen LogP contribution in [0.5, 0.6) is 5.75 Å². The summed E-state index contributed by atoms with van der Waals surface area (Å²) >= 11 is 0. The molecule has 1 aromatic heterocycles. The maximum atomic E-state index is 13.9. The van der Waals surface area contributed by atoms with Crippen molar-refractivity contribution in [3.8, 4) is 5.75 Å². The average Bonchev–Trinajstić information content (AvgIpc) is 3.26. The third-order valence-electron chi connectivity index (χ3n) is 8.58. The number of imide groups is 1. The molecular weight excluding hydrogens is 531 g/mol. The molecule has 3 aromatic rings. The van der Waals surface area contributed by atoms with Crippen LogP contribution in [0, 0.1) is 17.8 Å². The second-order valence-electron chi connectivity index (χ2n) is 11.1. The van der Waals surface area contributed by atoms with Crippen LogP contribution in [-0.2, 0) is 19.0 Å². The zero-order valence-electron chi connectivity index (χ0n) is 23.4. The van der Waals surface area contributed by atoms with E-state index >= 15 is 0 Å². The van der Waals surface area contributed by atoms with Gasteiger partial charge in [-0.05, 0) is 84.6 Å². The van der Waals surface area contributed by atoms with Gasteiger partial charge in [0.15, 0.2) is 0 Å². The van der Waals surface area contributed by atoms with Gasteiger partial charge < -0.3 is 19.5 Å². The molecule has 2 aliphatic heterocycles. The Kier molecular flexibility index (Phi) is 8.06. The number of hydrogen-bond acceptors (Lipinski definition) is 7. The highest BCUT2D eigenvalue weighted by Crippen LogP contribution is 2.51. The fourth-order valence-electron chi connectivity index (χ4n) is 6.81. The number of rotatable bonds is 8. The molecule has 2 saturated heterocycles. The van der Waals surface area contributed by atoms with E-state index in [0.717, 1.165) is 22.4 Å². The van der Waals surface area contributed by atoms with Gasteiger partial charge >= 0.3 is 7.12 Å². The van der Waals surface area contributed by atoms with Crippen molar-refractivity contribution in [2.45, 2.75) is 31.7 Å². The number of methoxy groups -OCH3 is 1. The molecule has 6 rings (SSSR count). The maximum absolute atomic E-state index is 13.9. The van der Waals surface area contributed by atoms with E-state index < -0.39 is 25.1 Å². The third kappa shape index (κ3) is 5.31. The second-order valence-corrected chi connectivity index (χ2v) is 11.1. The van der Waals surface area contributed by atoms with Gasteiger partial charge in [-0.25, -0.2) is 0 Å². The number of pyridine rings is 1. The van der Waals surface area contributed by atoms with Gasteiger partial charge in [0, 0.05) is 18.9 Å². The van der Waals surface area contributed by atoms with E-state index in [-0.39, 0.29) is 29.8 Å². The Hall–Kier alpha value is -4.05. The van der Waals surface area contributed by atoms with Crippen molar-refractivity contribution < 1.29 is 29.1 Å². The highest BCUT2D eigenvalue weighted by atomic mass is 16.5. The summed E-state index contributed by atoms with van der Waals surface area (Å²) in [6.07, 6.45) is 4.87. The molecular formula is C33H33BN2O6. The molecule has 2 aromatic carbocycles. The van der Waals surface area contributed by atoms with Crippen LogP contribution in [0.4, 0.5) is 5.69 Å². The molecule has 8 nitrogen and oxygen atoms in total. The molecule has 1 aliphatic carbocycles. The van der Waals surface area contributed by atoms with Crippen molar-refractivity contribution >= 4 is 36.3 Å². The number of hydrogen-bond donors (Lipinski definition) is 2. The van der Waals surface area contributed by atoms with Gasteiger partial charge in [0.25, 0.3) is 0 Å². The molecule has 3 heterocycles. The van der Waals surface area contributed by atoms with Crippen molar-refractivity contribution in [1.82, 2.24) is 4.98 Å². The van der Waals surface area contributed by atoms with Gasteiger partial charge in [0.05, 0.1) is 35.9 Å². The number of amides is 2. The number of fused-ring (bicyclic) bond motifs is 3. The van der Waals surface area contributed by atoms with Crippen LogP contribution >= 0.6 is 0 Å². The predicted molar refractivity (Wildman–Crippen MR) is 160 cm³/mol. The van der Waals surface area contributed by atoms with Crippen LogP contribution in [0.3, 0.4) is 0 Å². The summed E-state index contributed by atoms with van der Waals surface area (Å²) < 4.78 is 11.7. The van der Waals surface area contributed by atoms with Gasteiger partial charge in [-0.3, -0.25) is 19.5 Å². The van der Waals surface area contributed by atoms with Crippen LogP contribution in [0.2, 0.25) is 6.32 Å². The largest absolute Gasteiger partial charge is 0.507 e. The lowest BCUT2D eigenvalue weighted by atomic mass is 9.58. The maximum Gasteiger partial charge on any atom is 0.455 e. The Bertz CT molecular complexity index is 1530. The van der Waals surface area contributed by atoms with E-state index in [1.807, 2.05) is 54.6 Å². The molecule has 0 bridgehead atoms. The molecule has 3 aliphatic rings. The molecule has 9 heteroatoms. The SMILES string of the molecule is COCC1=C2[C@@H](CC/C(=C/c3ccccc3O)c3ccccn3)OB(O)C[C@@H]2[C@@H]2C(=O)N(c3ccccc3)C(=O)[C@@H]2C1. The minimum Gasteiger partial charge on any atom is -0.507 e. The fraction of sp³-hybridized carbons (Fsp3) is 0.303. The number of aromatic hydroxyl groups is 1. The lowest BCUT2D eigenvalue weighted by Gasteiger charge is -2.43. The van der Waals surface area contributed by atoms with Gasteiger partial charge in [0.2, 0.25) is 11.8 Å². The molecule has 2 amide bonds. The summed E-state index contributed by atoms with van der Waals surface area (Å²) in [6.45, 7) is 0.318. The molecule has 42 heavy (non-hydrogen) atoms. The monoisotopic (exact) mass is 564 g/mol. The van der Waals surface area contributed by atoms with Crippen molar-refractivity contribution in [2.75, 3.05) is 18.6 Å². The lowest BCUT2D eigenvalue weighted by Crippen LogP contribution is -2.46. The van der Waals surface area contributed by atoms with E-state index in [1.54, 1.807) is 37.6 Å². The number of carbonyl (C=O) groups excluding carboxylic acids is 2. The zero-order valence-corrected chi connectivity index (χ0v) is 23.4. The van der Waals surface area contributed by atoms with Crippen LogP contribution in [0.25, 0.3) is 11.6 Å². The second kappa shape index (κ2) is 12.1. The number of nitrogens with zero attached hydrogens (tertiary/aromatic N) is 2. The number of allylic oxidation sites excluding steroid dienone is 1. The van der Waals surface area contributed by atoms with Crippen LogP contribution in [-0.4, -0.2) is 53.9 Å². The van der Waals surface area contributed by atoms with E-state index in [1.165, 1.54) is 4.90 Å². The number of anilines is 1. The molecule has 0 unspecified atom stereocenters. The molecule has 0 radical (unpaired) electrons. The smallest absolute Gasteiger partial charge is 0.455 e. The minimum atomic E-state index is -1.07. The molecule has 2 N–H and O–H groups in total. The van der Waals surface area contributed by atoms with E-state index in [4.69, 9.17) is 9.39 Å². The van der Waals surface area contributed by atoms with Crippen LogP contribution < -0.4 is 4.90 Å². The Morgan fingerprint density at radius 3 is 2.55 bits per heavy atom. The number of carbonyl (C=O) groups is 2. The van der Waals surface area contributed by atoms with Gasteiger partial charge in [0.1, 0.15) is 5.75 Å². The minimum absolute atomic E-state index is 0.172. The Labute approximate surface area is 245 Å². The van der Waals surface area contributed by atoms with Gasteiger partial charge in [-0.1, -0.05) is 42.5 Å². The van der Waals surface area contributed by atoms with E-state index in [9.17, 15) is 19.7 Å². The lowest BCUT2D eigenvalue weighted by molar-refractivity contribution is -0.122. The first-order valence-corrected chi connectivity index (χ1v) is 14.3. The van der Waals surface area contributed by atoms with Crippen LogP contribution in [0.15, 0.2) is 90.1 Å². The number of phenolic OH excluding ortho intramolecular Hbond substituents is 1. The highest BCUT2D eigenvalue weighted by Gasteiger charge is 2.57. The first-order chi connectivity index (χ1) is 20.5. The summed E-state index contributed by atoms with van der Waals surface area (Å²) in [5.74, 6) is -1.67. The predicted octanol–water partition coefficient (Wildman–Crippen LogP) is 4.76. The summed E-state index contributed by atoms with van der Waals surface area (Å²) in [7, 11) is 0.550. The number of ether oxygens (including phenoxy) is 1. The van der Waals surface area contributed by atoms with Crippen molar-refractivity contribution in [2.24, 2.45) is 17.8 Å². The number of para-hydroxylation sites is 2. The summed E-state index contributed by atoms with van der Waals surface area (Å²) in [5, 5.41) is 21.3. The molecule has 0 saturated carbocycles. The molecule has 214 valence electrons. The summed E-state index contributed by atoms with van der Waals surface area (Å²) in [5.41, 5.74) is 4.84. The molecule has 0 spiro atoms. The zero-order chi connectivity index (χ0) is 29.2. The van der Waals surface area contributed by atoms with Gasteiger partial charge in [-0.15, -0.1) is 0 Å². The molecule has 2 fully saturated rings. The van der Waals surface area contributed by atoms with Gasteiger partial charge in [-0.2, -0.15) is 0 Å². The van der Waals surface area contributed by atoms with Crippen molar-refractivity contribution in [3.05, 3.63) is 101 Å². The standard InChI is InChI=1S/C33H33BN2O6/c1-41-20-23-18-25-31(33(39)36(32(25)38)24-10-3-2-4-11-24)26-19-34(40)42-29(30(23)26)15-14-21(27-12-7-8-16-35-27)17-22-9-5-6-13-28(22)37/h2-13,16-17,25-26,29,31,37,40H,14-15,18-20H2,1H3/b21-17-/t25-,26+,29-,31-/m1/s1. The number of aromatic nitrogens is 1. The topological polar surface area (TPSA) is 109 Å². The first kappa shape index (κ1) is 28.1. The fourth-order valence-corrected chi connectivity index (χ4v) is 6.81. The molecule has 4 atom stereocenters. The third-order valence-corrected chi connectivity index (χ3v) is 8.58. The highest BCUT2D eigenvalue weighted by molar-refractivity contribution is 6.43. The summed E-state index contributed by atoms with van der Waals surface area (Å²) in [4.78, 5) is 33.3. The van der Waals surface area contributed by atoms with Crippen molar-refractivity contribution in [3.63, 3.8) is 0 Å². The van der Waals surface area contributed by atoms with Crippen molar-refractivity contribution in [1.29, 1.82) is 0 Å². The summed E-state index contributed by atoms with van der Waals surface area (Å²) in [6, 6.07) is 21.8. The van der Waals surface area contributed by atoms with E-state index in [2.05, 4.69) is 4.98 Å². The number of benzene rings is 2.